The number of sulfone groups is 1. The number of halogens is 2. The normalized spacial score (nSPS) is 11.5. The zero-order valence-corrected chi connectivity index (χ0v) is 14.9. The highest BCUT2D eigenvalue weighted by Crippen LogP contribution is 2.29. The lowest BCUT2D eigenvalue weighted by Crippen LogP contribution is -2.34. The number of benzene rings is 1. The van der Waals surface area contributed by atoms with Gasteiger partial charge in [0.2, 0.25) is 9.84 Å². The van der Waals surface area contributed by atoms with Crippen LogP contribution in [0.15, 0.2) is 40.4 Å². The van der Waals surface area contributed by atoms with Crippen LogP contribution in [0.2, 0.25) is 10.0 Å². The molecule has 1 aromatic heterocycles. The zero-order valence-electron chi connectivity index (χ0n) is 12.5. The molecule has 0 spiro atoms. The van der Waals surface area contributed by atoms with Crippen molar-refractivity contribution in [2.75, 3.05) is 13.1 Å². The van der Waals surface area contributed by atoms with Gasteiger partial charge in [-0.3, -0.25) is 0 Å². The van der Waals surface area contributed by atoms with E-state index in [0.29, 0.717) is 13.1 Å². The molecule has 6 nitrogen and oxygen atoms in total. The number of rotatable bonds is 4. The number of hydrogen-bond donors (Lipinski definition) is 0. The zero-order chi connectivity index (χ0) is 17.2. The summed E-state index contributed by atoms with van der Waals surface area (Å²) in [6.45, 7) is 4.65. The molecule has 0 radical (unpaired) electrons. The van der Waals surface area contributed by atoms with Gasteiger partial charge in [-0.25, -0.2) is 13.2 Å². The molecule has 0 N–H and O–H groups in total. The smallest absolute Gasteiger partial charge is 0.323 e. The van der Waals surface area contributed by atoms with Crippen molar-refractivity contribution in [3.05, 3.63) is 40.5 Å². The van der Waals surface area contributed by atoms with Gasteiger partial charge in [0.15, 0.2) is 5.03 Å². The molecule has 0 aliphatic rings. The molecule has 0 aliphatic heterocycles. The Bertz CT molecular complexity index is 830. The van der Waals surface area contributed by atoms with E-state index < -0.39 is 15.9 Å². The van der Waals surface area contributed by atoms with Crippen molar-refractivity contribution < 1.29 is 13.2 Å². The molecule has 2 aromatic rings. The number of nitrogens with zero attached hydrogens (tertiary/aromatic N) is 3. The Balaban J connectivity index is 2.43. The van der Waals surface area contributed by atoms with Crippen LogP contribution in [0.3, 0.4) is 0 Å². The quantitative estimate of drug-likeness (QED) is 0.821. The molecule has 0 fully saturated rings. The molecule has 124 valence electrons. The van der Waals surface area contributed by atoms with E-state index in [1.54, 1.807) is 0 Å². The summed E-state index contributed by atoms with van der Waals surface area (Å²) in [5, 5.41) is 3.90. The van der Waals surface area contributed by atoms with E-state index >= 15 is 0 Å². The second kappa shape index (κ2) is 6.90. The SMILES string of the molecule is CCN(CC)C(=O)n1ccc(S(=O)(=O)c2cc(Cl)ccc2Cl)n1. The molecule has 1 aromatic carbocycles. The topological polar surface area (TPSA) is 72.3 Å². The van der Waals surface area contributed by atoms with E-state index in [1.807, 2.05) is 13.8 Å². The van der Waals surface area contributed by atoms with Gasteiger partial charge in [0, 0.05) is 24.3 Å². The lowest BCUT2D eigenvalue weighted by molar-refractivity contribution is 0.201. The first kappa shape index (κ1) is 17.8. The van der Waals surface area contributed by atoms with Crippen LogP contribution in [-0.4, -0.2) is 42.2 Å². The van der Waals surface area contributed by atoms with E-state index in [2.05, 4.69) is 5.10 Å². The van der Waals surface area contributed by atoms with E-state index in [-0.39, 0.29) is 20.0 Å². The van der Waals surface area contributed by atoms with E-state index in [9.17, 15) is 13.2 Å². The second-order valence-corrected chi connectivity index (χ2v) is 7.34. The first-order valence-corrected chi connectivity index (χ1v) is 9.10. The minimum Gasteiger partial charge on any atom is -0.323 e. The van der Waals surface area contributed by atoms with Gasteiger partial charge in [0.1, 0.15) is 0 Å². The molecule has 2 rings (SSSR count). The molecule has 9 heteroatoms. The average Bonchev–Trinajstić information content (AvgIpc) is 3.01. The highest BCUT2D eigenvalue weighted by atomic mass is 35.5. The van der Waals surface area contributed by atoms with Gasteiger partial charge < -0.3 is 4.90 Å². The van der Waals surface area contributed by atoms with Crippen LogP contribution in [0.25, 0.3) is 0 Å². The minimum atomic E-state index is -3.96. The maximum atomic E-state index is 12.6. The molecule has 1 amide bonds. The summed E-state index contributed by atoms with van der Waals surface area (Å²) in [5.74, 6) is 0. The Kier molecular flexibility index (Phi) is 5.33. The second-order valence-electron chi connectivity index (χ2n) is 4.63. The van der Waals surface area contributed by atoms with E-state index in [1.165, 1.54) is 35.4 Å². The van der Waals surface area contributed by atoms with Crippen molar-refractivity contribution in [3.63, 3.8) is 0 Å². The molecule has 0 atom stereocenters. The first-order chi connectivity index (χ1) is 10.8. The Morgan fingerprint density at radius 1 is 1.22 bits per heavy atom. The maximum absolute atomic E-state index is 12.6. The monoisotopic (exact) mass is 375 g/mol. The fourth-order valence-electron chi connectivity index (χ4n) is 1.99. The Hall–Kier alpha value is -1.57. The molecule has 0 aliphatic carbocycles. The summed E-state index contributed by atoms with van der Waals surface area (Å²) in [7, 11) is -3.96. The van der Waals surface area contributed by atoms with Crippen molar-refractivity contribution >= 4 is 39.1 Å². The van der Waals surface area contributed by atoms with Crippen LogP contribution >= 0.6 is 23.2 Å². The van der Waals surface area contributed by atoms with Crippen molar-refractivity contribution in [3.8, 4) is 0 Å². The predicted molar refractivity (Wildman–Crippen MR) is 87.9 cm³/mol. The lowest BCUT2D eigenvalue weighted by Gasteiger charge is -2.17. The van der Waals surface area contributed by atoms with Crippen LogP contribution in [0.4, 0.5) is 4.79 Å². The van der Waals surface area contributed by atoms with Crippen LogP contribution in [-0.2, 0) is 9.84 Å². The Labute approximate surface area is 144 Å². The van der Waals surface area contributed by atoms with Crippen molar-refractivity contribution in [1.29, 1.82) is 0 Å². The van der Waals surface area contributed by atoms with Crippen molar-refractivity contribution in [2.45, 2.75) is 23.8 Å². The molecule has 1 heterocycles. The molecule has 0 unspecified atom stereocenters. The van der Waals surface area contributed by atoms with E-state index in [4.69, 9.17) is 23.2 Å². The third kappa shape index (κ3) is 3.52. The van der Waals surface area contributed by atoms with Crippen LogP contribution in [0.5, 0.6) is 0 Å². The summed E-state index contributed by atoms with van der Waals surface area (Å²) in [4.78, 5) is 13.6. The fourth-order valence-corrected chi connectivity index (χ4v) is 3.92. The molecular weight excluding hydrogens is 361 g/mol. The molecular formula is C14H15Cl2N3O3S. The number of amides is 1. The summed E-state index contributed by atoms with van der Waals surface area (Å²) in [6.07, 6.45) is 1.31. The van der Waals surface area contributed by atoms with Gasteiger partial charge in [-0.1, -0.05) is 23.2 Å². The van der Waals surface area contributed by atoms with Crippen molar-refractivity contribution in [1.82, 2.24) is 14.7 Å². The van der Waals surface area contributed by atoms with Gasteiger partial charge in [-0.15, -0.1) is 0 Å². The third-order valence-electron chi connectivity index (χ3n) is 3.25. The van der Waals surface area contributed by atoms with Gasteiger partial charge >= 0.3 is 6.03 Å². The third-order valence-corrected chi connectivity index (χ3v) is 5.61. The highest BCUT2D eigenvalue weighted by molar-refractivity contribution is 7.91. The molecule has 0 bridgehead atoms. The summed E-state index contributed by atoms with van der Waals surface area (Å²) in [6, 6.07) is 5.01. The summed E-state index contributed by atoms with van der Waals surface area (Å²) >= 11 is 11.8. The standard InChI is InChI=1S/C14H15Cl2N3O3S/c1-3-18(4-2)14(20)19-8-7-13(17-19)23(21,22)12-9-10(15)5-6-11(12)16/h5-9H,3-4H2,1-2H3. The number of aromatic nitrogens is 2. The summed E-state index contributed by atoms with van der Waals surface area (Å²) < 4.78 is 26.2. The largest absolute Gasteiger partial charge is 0.344 e. The van der Waals surface area contributed by atoms with Gasteiger partial charge in [0.05, 0.1) is 9.92 Å². The molecule has 0 saturated carbocycles. The Morgan fingerprint density at radius 3 is 2.48 bits per heavy atom. The van der Waals surface area contributed by atoms with Crippen molar-refractivity contribution in [2.24, 2.45) is 0 Å². The highest BCUT2D eigenvalue weighted by Gasteiger charge is 2.25. The lowest BCUT2D eigenvalue weighted by atomic mass is 10.4. The van der Waals surface area contributed by atoms with E-state index in [0.717, 1.165) is 4.68 Å². The van der Waals surface area contributed by atoms with Crippen LogP contribution in [0.1, 0.15) is 13.8 Å². The van der Waals surface area contributed by atoms with Crippen LogP contribution in [0, 0.1) is 0 Å². The average molecular weight is 376 g/mol. The predicted octanol–water partition coefficient (Wildman–Crippen LogP) is 3.33. The van der Waals surface area contributed by atoms with Crippen LogP contribution < -0.4 is 0 Å². The fraction of sp³-hybridized carbons (Fsp3) is 0.286. The maximum Gasteiger partial charge on any atom is 0.344 e. The summed E-state index contributed by atoms with van der Waals surface area (Å²) in [5.41, 5.74) is 0. The van der Waals surface area contributed by atoms with Gasteiger partial charge in [-0.2, -0.15) is 9.78 Å². The Morgan fingerprint density at radius 2 is 1.87 bits per heavy atom. The number of carbonyl (C=O) groups excluding carboxylic acids is 1. The van der Waals surface area contributed by atoms with Gasteiger partial charge in [0.25, 0.3) is 0 Å². The number of carbonyl (C=O) groups is 1. The first-order valence-electron chi connectivity index (χ1n) is 6.86. The molecule has 0 saturated heterocycles. The van der Waals surface area contributed by atoms with Gasteiger partial charge in [-0.05, 0) is 38.1 Å². The number of hydrogen-bond acceptors (Lipinski definition) is 4. The molecule has 23 heavy (non-hydrogen) atoms. The minimum absolute atomic E-state index is 0.0408.